The van der Waals surface area contributed by atoms with Gasteiger partial charge in [0.1, 0.15) is 0 Å². The maximum atomic E-state index is 11.8. The molecule has 0 fully saturated rings. The van der Waals surface area contributed by atoms with E-state index in [1.165, 1.54) is 0 Å². The van der Waals surface area contributed by atoms with Crippen molar-refractivity contribution < 1.29 is 8.42 Å². The number of unbranched alkanes of at least 4 members (excludes halogenated alkanes) is 3. The van der Waals surface area contributed by atoms with E-state index in [-0.39, 0.29) is 5.75 Å². The highest BCUT2D eigenvalue weighted by Gasteiger charge is 2.12. The summed E-state index contributed by atoms with van der Waals surface area (Å²) in [6.07, 6.45) is 3.62. The van der Waals surface area contributed by atoms with Gasteiger partial charge in [-0.2, -0.15) is 0 Å². The van der Waals surface area contributed by atoms with Gasteiger partial charge in [0.2, 0.25) is 0 Å². The van der Waals surface area contributed by atoms with Crippen LogP contribution in [0, 0.1) is 0 Å². The Hall–Kier alpha value is -0.540. The van der Waals surface area contributed by atoms with Crippen molar-refractivity contribution >= 4 is 21.4 Å². The van der Waals surface area contributed by atoms with Gasteiger partial charge >= 0.3 is 0 Å². The smallest absolute Gasteiger partial charge is 0.178 e. The molecule has 0 amide bonds. The van der Waals surface area contributed by atoms with Crippen LogP contribution in [0.25, 0.3) is 0 Å². The standard InChI is InChI=1S/C12H17ClO2S/c13-10-6-1-2-7-11-16(14,15)12-8-4-3-5-9-12/h3-5,8-9H,1-2,6-7,10-11H2. The van der Waals surface area contributed by atoms with E-state index in [0.717, 1.165) is 19.3 Å². The summed E-state index contributed by atoms with van der Waals surface area (Å²) >= 11 is 5.55. The highest BCUT2D eigenvalue weighted by atomic mass is 35.5. The van der Waals surface area contributed by atoms with Crippen LogP contribution in [-0.2, 0) is 9.84 Å². The minimum atomic E-state index is -3.08. The fraction of sp³-hybridized carbons (Fsp3) is 0.500. The van der Waals surface area contributed by atoms with E-state index in [4.69, 9.17) is 11.6 Å². The summed E-state index contributed by atoms with van der Waals surface area (Å²) < 4.78 is 23.7. The van der Waals surface area contributed by atoms with Crippen LogP contribution in [-0.4, -0.2) is 20.1 Å². The van der Waals surface area contributed by atoms with Gasteiger partial charge < -0.3 is 0 Å². The first kappa shape index (κ1) is 13.5. The quantitative estimate of drug-likeness (QED) is 0.557. The molecule has 0 aliphatic rings. The van der Waals surface area contributed by atoms with Gasteiger partial charge in [-0.1, -0.05) is 31.0 Å². The van der Waals surface area contributed by atoms with Crippen molar-refractivity contribution in [3.63, 3.8) is 0 Å². The van der Waals surface area contributed by atoms with Crippen molar-refractivity contribution in [2.75, 3.05) is 11.6 Å². The van der Waals surface area contributed by atoms with Crippen molar-refractivity contribution in [1.29, 1.82) is 0 Å². The Bertz CT molecular complexity index is 387. The van der Waals surface area contributed by atoms with Crippen LogP contribution in [0.4, 0.5) is 0 Å². The molecule has 90 valence electrons. The number of alkyl halides is 1. The van der Waals surface area contributed by atoms with Gasteiger partial charge in [-0.05, 0) is 25.0 Å². The summed E-state index contributed by atoms with van der Waals surface area (Å²) in [5, 5.41) is 0. The monoisotopic (exact) mass is 260 g/mol. The van der Waals surface area contributed by atoms with Crippen molar-refractivity contribution in [3.05, 3.63) is 30.3 Å². The molecule has 0 heterocycles. The van der Waals surface area contributed by atoms with Crippen LogP contribution in [0.15, 0.2) is 35.2 Å². The molecule has 2 nitrogen and oxygen atoms in total. The van der Waals surface area contributed by atoms with Gasteiger partial charge in [0.25, 0.3) is 0 Å². The molecule has 16 heavy (non-hydrogen) atoms. The van der Waals surface area contributed by atoms with Gasteiger partial charge in [0, 0.05) is 5.88 Å². The summed E-state index contributed by atoms with van der Waals surface area (Å²) in [6, 6.07) is 8.61. The summed E-state index contributed by atoms with van der Waals surface area (Å²) in [5.74, 6) is 0.894. The first-order valence-electron chi connectivity index (χ1n) is 5.50. The summed E-state index contributed by atoms with van der Waals surface area (Å²) in [5.41, 5.74) is 0. The number of halogens is 1. The lowest BCUT2D eigenvalue weighted by Gasteiger charge is -2.03. The molecular weight excluding hydrogens is 244 g/mol. The summed E-state index contributed by atoms with van der Waals surface area (Å²) in [4.78, 5) is 0.423. The van der Waals surface area contributed by atoms with Crippen LogP contribution in [0.3, 0.4) is 0 Å². The van der Waals surface area contributed by atoms with E-state index in [2.05, 4.69) is 0 Å². The minimum absolute atomic E-state index is 0.235. The van der Waals surface area contributed by atoms with Crippen LogP contribution in [0.1, 0.15) is 25.7 Å². The second-order valence-corrected chi connectivity index (χ2v) is 6.22. The Balaban J connectivity index is 2.41. The van der Waals surface area contributed by atoms with E-state index in [1.54, 1.807) is 24.3 Å². The van der Waals surface area contributed by atoms with Gasteiger partial charge in [-0.25, -0.2) is 8.42 Å². The molecule has 0 N–H and O–H groups in total. The molecule has 4 heteroatoms. The fourth-order valence-electron chi connectivity index (χ4n) is 1.49. The Morgan fingerprint density at radius 2 is 1.56 bits per heavy atom. The molecule has 0 spiro atoms. The number of sulfone groups is 1. The Morgan fingerprint density at radius 1 is 0.938 bits per heavy atom. The molecule has 0 aliphatic carbocycles. The molecule has 0 saturated heterocycles. The topological polar surface area (TPSA) is 34.1 Å². The third kappa shape index (κ3) is 4.54. The van der Waals surface area contributed by atoms with Crippen molar-refractivity contribution in [2.24, 2.45) is 0 Å². The summed E-state index contributed by atoms with van der Waals surface area (Å²) in [6.45, 7) is 0. The maximum absolute atomic E-state index is 11.8. The van der Waals surface area contributed by atoms with Gasteiger partial charge in [0.15, 0.2) is 9.84 Å². The van der Waals surface area contributed by atoms with E-state index in [9.17, 15) is 8.42 Å². The zero-order chi connectivity index (χ0) is 11.9. The average molecular weight is 261 g/mol. The van der Waals surface area contributed by atoms with Crippen molar-refractivity contribution in [3.8, 4) is 0 Å². The molecule has 0 unspecified atom stereocenters. The molecule has 0 aliphatic heterocycles. The minimum Gasteiger partial charge on any atom is -0.224 e. The largest absolute Gasteiger partial charge is 0.224 e. The molecule has 0 bridgehead atoms. The van der Waals surface area contributed by atoms with Crippen molar-refractivity contribution in [2.45, 2.75) is 30.6 Å². The molecule has 0 atom stereocenters. The highest BCUT2D eigenvalue weighted by molar-refractivity contribution is 7.91. The second-order valence-electron chi connectivity index (χ2n) is 3.74. The number of hydrogen-bond acceptors (Lipinski definition) is 2. The lowest BCUT2D eigenvalue weighted by molar-refractivity contribution is 0.589. The molecule has 1 aromatic rings. The van der Waals surface area contributed by atoms with E-state index in [1.807, 2.05) is 6.07 Å². The van der Waals surface area contributed by atoms with E-state index in [0.29, 0.717) is 17.2 Å². The molecular formula is C12H17ClO2S. The summed E-state index contributed by atoms with van der Waals surface area (Å²) in [7, 11) is -3.08. The average Bonchev–Trinajstić information content (AvgIpc) is 2.30. The lowest BCUT2D eigenvalue weighted by Crippen LogP contribution is -2.06. The predicted octanol–water partition coefficient (Wildman–Crippen LogP) is 3.26. The normalized spacial score (nSPS) is 11.6. The predicted molar refractivity (Wildman–Crippen MR) is 67.7 cm³/mol. The molecule has 0 saturated carbocycles. The van der Waals surface area contributed by atoms with Crippen LogP contribution in [0.5, 0.6) is 0 Å². The Kier molecular flexibility index (Phi) is 5.85. The second kappa shape index (κ2) is 6.92. The highest BCUT2D eigenvalue weighted by Crippen LogP contribution is 2.12. The number of rotatable bonds is 7. The van der Waals surface area contributed by atoms with Crippen LogP contribution < -0.4 is 0 Å². The maximum Gasteiger partial charge on any atom is 0.178 e. The lowest BCUT2D eigenvalue weighted by atomic mass is 10.2. The van der Waals surface area contributed by atoms with Gasteiger partial charge in [0.05, 0.1) is 10.6 Å². The van der Waals surface area contributed by atoms with Crippen LogP contribution in [0.2, 0.25) is 0 Å². The third-order valence-corrected chi connectivity index (χ3v) is 4.48. The van der Waals surface area contributed by atoms with Crippen molar-refractivity contribution in [1.82, 2.24) is 0 Å². The Morgan fingerprint density at radius 3 is 2.19 bits per heavy atom. The zero-order valence-corrected chi connectivity index (χ0v) is 10.8. The van der Waals surface area contributed by atoms with E-state index >= 15 is 0 Å². The SMILES string of the molecule is O=S(=O)(CCCCCCCl)c1ccccc1. The van der Waals surface area contributed by atoms with Gasteiger partial charge in [-0.3, -0.25) is 0 Å². The first-order chi connectivity index (χ1) is 7.67. The Labute approximate surface area is 103 Å². The third-order valence-electron chi connectivity index (χ3n) is 2.40. The number of benzene rings is 1. The number of hydrogen-bond donors (Lipinski definition) is 0. The molecule has 0 aromatic heterocycles. The first-order valence-corrected chi connectivity index (χ1v) is 7.69. The van der Waals surface area contributed by atoms with Crippen LogP contribution >= 0.6 is 11.6 Å². The molecule has 1 aromatic carbocycles. The van der Waals surface area contributed by atoms with E-state index < -0.39 is 9.84 Å². The van der Waals surface area contributed by atoms with Gasteiger partial charge in [-0.15, -0.1) is 11.6 Å². The fourth-order valence-corrected chi connectivity index (χ4v) is 3.07. The zero-order valence-electron chi connectivity index (χ0n) is 9.23. The molecule has 1 rings (SSSR count). The molecule has 0 radical (unpaired) electrons.